The van der Waals surface area contributed by atoms with Gasteiger partial charge in [-0.3, -0.25) is 0 Å². The van der Waals surface area contributed by atoms with E-state index in [4.69, 9.17) is 5.11 Å². The molecule has 0 rings (SSSR count). The van der Waals surface area contributed by atoms with E-state index >= 15 is 0 Å². The van der Waals surface area contributed by atoms with Crippen LogP contribution in [0.5, 0.6) is 0 Å². The van der Waals surface area contributed by atoms with Crippen LogP contribution < -0.4 is 29.6 Å². The monoisotopic (exact) mass is 131 g/mol. The predicted octanol–water partition coefficient (Wildman–Crippen LogP) is -3.70. The number of hydrogen-bond acceptors (Lipinski definition) is 4. The molecular formula is C2H6NNaO4. The van der Waals surface area contributed by atoms with Crippen LogP contribution in [-0.4, -0.2) is 23.4 Å². The van der Waals surface area contributed by atoms with E-state index in [1.165, 1.54) is 0 Å². The molecule has 0 saturated heterocycles. The van der Waals surface area contributed by atoms with Crippen LogP contribution in [0.2, 0.25) is 0 Å². The quantitative estimate of drug-likeness (QED) is 0.243. The SMILES string of the molecule is O=[N+]([O-])OCCO.[H-].[Na+]. The van der Waals surface area contributed by atoms with Gasteiger partial charge in [0.05, 0.1) is 6.61 Å². The molecule has 0 aliphatic carbocycles. The van der Waals surface area contributed by atoms with Crippen molar-refractivity contribution < 1.29 is 46.0 Å². The molecule has 1 N–H and O–H groups in total. The minimum atomic E-state index is -0.948. The Hall–Kier alpha value is 0.160. The predicted molar refractivity (Wildman–Crippen MR) is 21.1 cm³/mol. The average molecular weight is 131 g/mol. The summed E-state index contributed by atoms with van der Waals surface area (Å²) in [6.45, 7) is -0.562. The fourth-order valence-electron chi connectivity index (χ4n) is 0.115. The summed E-state index contributed by atoms with van der Waals surface area (Å²) in [7, 11) is 0. The molecule has 0 atom stereocenters. The second-order valence-electron chi connectivity index (χ2n) is 0.780. The van der Waals surface area contributed by atoms with Crippen molar-refractivity contribution in [1.29, 1.82) is 0 Å². The van der Waals surface area contributed by atoms with Crippen molar-refractivity contribution in [3.63, 3.8) is 0 Å². The summed E-state index contributed by atoms with van der Waals surface area (Å²) in [6, 6.07) is 0. The van der Waals surface area contributed by atoms with Gasteiger partial charge in [-0.1, -0.05) is 0 Å². The van der Waals surface area contributed by atoms with Crippen molar-refractivity contribution in [1.82, 2.24) is 0 Å². The molecule has 0 spiro atoms. The van der Waals surface area contributed by atoms with E-state index in [0.29, 0.717) is 0 Å². The third kappa shape index (κ3) is 9.48. The molecule has 0 heterocycles. The fraction of sp³-hybridized carbons (Fsp3) is 1.00. The van der Waals surface area contributed by atoms with Gasteiger partial charge in [-0.25, -0.2) is 0 Å². The van der Waals surface area contributed by atoms with Crippen molar-refractivity contribution >= 4 is 0 Å². The van der Waals surface area contributed by atoms with E-state index in [1.807, 2.05) is 0 Å². The first-order chi connectivity index (χ1) is 3.27. The minimum Gasteiger partial charge on any atom is -1.00 e. The van der Waals surface area contributed by atoms with Crippen molar-refractivity contribution in [2.45, 2.75) is 0 Å². The Balaban J connectivity index is -0.000000180. The first kappa shape index (κ1) is 11.0. The third-order valence-electron chi connectivity index (χ3n) is 0.288. The molecule has 5 nitrogen and oxygen atoms in total. The molecule has 8 heavy (non-hydrogen) atoms. The zero-order chi connectivity index (χ0) is 5.70. The van der Waals surface area contributed by atoms with Gasteiger partial charge < -0.3 is 11.4 Å². The molecule has 0 aromatic heterocycles. The van der Waals surface area contributed by atoms with Gasteiger partial charge in [-0.05, 0) is 0 Å². The van der Waals surface area contributed by atoms with E-state index in [9.17, 15) is 10.1 Å². The van der Waals surface area contributed by atoms with Crippen molar-refractivity contribution in [3.8, 4) is 0 Å². The Morgan fingerprint density at radius 1 is 1.88 bits per heavy atom. The number of nitrogens with zero attached hydrogens (tertiary/aromatic N) is 1. The maximum Gasteiger partial charge on any atom is 1.00 e. The van der Waals surface area contributed by atoms with Crippen LogP contribution in [0.15, 0.2) is 0 Å². The number of aliphatic hydroxyl groups is 1. The molecule has 0 aromatic carbocycles. The van der Waals surface area contributed by atoms with E-state index in [2.05, 4.69) is 4.84 Å². The Morgan fingerprint density at radius 3 is 2.50 bits per heavy atom. The molecular weight excluding hydrogens is 125 g/mol. The van der Waals surface area contributed by atoms with Gasteiger partial charge in [0.15, 0.2) is 0 Å². The number of hydrogen-bond donors (Lipinski definition) is 1. The van der Waals surface area contributed by atoms with Gasteiger partial charge >= 0.3 is 29.6 Å². The maximum absolute atomic E-state index is 9.23. The molecule has 0 unspecified atom stereocenters. The first-order valence-electron chi connectivity index (χ1n) is 1.65. The summed E-state index contributed by atoms with van der Waals surface area (Å²) in [5.74, 6) is 0. The fourth-order valence-corrected chi connectivity index (χ4v) is 0.115. The first-order valence-corrected chi connectivity index (χ1v) is 1.65. The minimum absolute atomic E-state index is 0. The van der Waals surface area contributed by atoms with Crippen molar-refractivity contribution in [3.05, 3.63) is 10.1 Å². The van der Waals surface area contributed by atoms with Crippen LogP contribution in [0.25, 0.3) is 0 Å². The Kier molecular flexibility index (Phi) is 9.87. The van der Waals surface area contributed by atoms with Gasteiger partial charge in [0.25, 0.3) is 5.09 Å². The summed E-state index contributed by atoms with van der Waals surface area (Å²) in [6.07, 6.45) is 0. The molecule has 6 heteroatoms. The zero-order valence-corrected chi connectivity index (χ0v) is 6.53. The second-order valence-corrected chi connectivity index (χ2v) is 0.780. The molecule has 0 aromatic rings. The van der Waals surface area contributed by atoms with Crippen LogP contribution in [0.4, 0.5) is 0 Å². The summed E-state index contributed by atoms with van der Waals surface area (Å²) in [5.41, 5.74) is 0. The molecule has 44 valence electrons. The number of rotatable bonds is 3. The number of aliphatic hydroxyl groups excluding tert-OH is 1. The third-order valence-corrected chi connectivity index (χ3v) is 0.288. The van der Waals surface area contributed by atoms with Gasteiger partial charge in [0, 0.05) is 0 Å². The Bertz CT molecular complexity index is 71.6. The van der Waals surface area contributed by atoms with E-state index < -0.39 is 5.09 Å². The van der Waals surface area contributed by atoms with Crippen LogP contribution in [0, 0.1) is 10.1 Å². The molecule has 0 aliphatic heterocycles. The molecule has 0 amide bonds. The van der Waals surface area contributed by atoms with Crippen LogP contribution in [0.1, 0.15) is 1.43 Å². The summed E-state index contributed by atoms with van der Waals surface area (Å²) in [4.78, 5) is 12.9. The maximum atomic E-state index is 9.23. The van der Waals surface area contributed by atoms with Gasteiger partial charge in [-0.15, -0.1) is 10.1 Å². The topological polar surface area (TPSA) is 72.6 Å². The van der Waals surface area contributed by atoms with Crippen molar-refractivity contribution in [2.24, 2.45) is 0 Å². The Labute approximate surface area is 69.5 Å². The van der Waals surface area contributed by atoms with E-state index in [1.54, 1.807) is 0 Å². The van der Waals surface area contributed by atoms with E-state index in [0.717, 1.165) is 0 Å². The van der Waals surface area contributed by atoms with E-state index in [-0.39, 0.29) is 44.2 Å². The van der Waals surface area contributed by atoms with Crippen molar-refractivity contribution in [2.75, 3.05) is 13.2 Å². The standard InChI is InChI=1S/C2H5NO4.Na.H/c4-1-2-7-3(5)6;;/h4H,1-2H2;;/q;+1;-1. The second kappa shape index (κ2) is 7.16. The van der Waals surface area contributed by atoms with Crippen LogP contribution in [0.3, 0.4) is 0 Å². The van der Waals surface area contributed by atoms with Gasteiger partial charge in [0.2, 0.25) is 0 Å². The molecule has 0 fully saturated rings. The largest absolute Gasteiger partial charge is 1.00 e. The molecule has 0 saturated carbocycles. The zero-order valence-electron chi connectivity index (χ0n) is 5.53. The Morgan fingerprint density at radius 2 is 2.38 bits per heavy atom. The normalized spacial score (nSPS) is 7.12. The molecule has 0 radical (unpaired) electrons. The van der Waals surface area contributed by atoms with Gasteiger partial charge in [-0.2, -0.15) is 0 Å². The average Bonchev–Trinajstić information content (AvgIpc) is 1.61. The van der Waals surface area contributed by atoms with Gasteiger partial charge in [0.1, 0.15) is 6.61 Å². The van der Waals surface area contributed by atoms with Crippen LogP contribution >= 0.6 is 0 Å². The molecule has 0 aliphatic rings. The summed E-state index contributed by atoms with van der Waals surface area (Å²) in [5, 5.41) is 16.2. The smallest absolute Gasteiger partial charge is 1.00 e. The summed E-state index contributed by atoms with van der Waals surface area (Å²) < 4.78 is 0. The van der Waals surface area contributed by atoms with Crippen LogP contribution in [-0.2, 0) is 4.84 Å². The summed E-state index contributed by atoms with van der Waals surface area (Å²) >= 11 is 0. The molecule has 0 bridgehead atoms.